The summed E-state index contributed by atoms with van der Waals surface area (Å²) in [6.45, 7) is 10.9. The summed E-state index contributed by atoms with van der Waals surface area (Å²) in [5, 5.41) is 3.73. The maximum Gasteiger partial charge on any atom is 0.222 e. The number of hydrogen-bond acceptors (Lipinski definition) is 3. The number of ether oxygens (including phenoxy) is 1. The zero-order valence-corrected chi connectivity index (χ0v) is 17.0. The summed E-state index contributed by atoms with van der Waals surface area (Å²) in [6.07, 6.45) is 9.22. The summed E-state index contributed by atoms with van der Waals surface area (Å²) < 4.78 is 5.79. The molecule has 144 valence electrons. The van der Waals surface area contributed by atoms with E-state index in [0.29, 0.717) is 24.3 Å². The number of carbonyl (C=O) groups is 1. The van der Waals surface area contributed by atoms with E-state index in [1.807, 2.05) is 7.11 Å². The molecular formula is C21H38N2O2. The van der Waals surface area contributed by atoms with Gasteiger partial charge in [0.05, 0.1) is 6.10 Å². The molecule has 2 heterocycles. The van der Waals surface area contributed by atoms with Crippen molar-refractivity contribution in [2.24, 2.45) is 11.3 Å². The van der Waals surface area contributed by atoms with Gasteiger partial charge in [0.15, 0.2) is 0 Å². The fourth-order valence-corrected chi connectivity index (χ4v) is 6.37. The molecule has 0 unspecified atom stereocenters. The van der Waals surface area contributed by atoms with Crippen LogP contribution in [0.2, 0.25) is 0 Å². The lowest BCUT2D eigenvalue weighted by atomic mass is 9.74. The molecule has 1 N–H and O–H groups in total. The smallest absolute Gasteiger partial charge is 0.222 e. The number of hydrogen-bond donors (Lipinski definition) is 1. The van der Waals surface area contributed by atoms with Gasteiger partial charge in [0.1, 0.15) is 0 Å². The van der Waals surface area contributed by atoms with E-state index in [1.165, 1.54) is 19.3 Å². The first kappa shape index (κ1) is 19.2. The monoisotopic (exact) mass is 350 g/mol. The Morgan fingerprint density at radius 2 is 1.76 bits per heavy atom. The fourth-order valence-electron chi connectivity index (χ4n) is 6.37. The average molecular weight is 351 g/mol. The first-order valence-electron chi connectivity index (χ1n) is 10.2. The first-order valence-corrected chi connectivity index (χ1v) is 10.2. The maximum absolute atomic E-state index is 13.1. The van der Waals surface area contributed by atoms with Crippen LogP contribution >= 0.6 is 0 Å². The molecule has 1 aliphatic carbocycles. The Kier molecular flexibility index (Phi) is 5.25. The highest BCUT2D eigenvalue weighted by Gasteiger charge is 2.47. The molecular weight excluding hydrogens is 312 g/mol. The van der Waals surface area contributed by atoms with Crippen molar-refractivity contribution in [3.8, 4) is 0 Å². The van der Waals surface area contributed by atoms with E-state index in [9.17, 15) is 4.79 Å². The molecule has 1 saturated carbocycles. The van der Waals surface area contributed by atoms with Crippen LogP contribution in [0.1, 0.15) is 79.1 Å². The van der Waals surface area contributed by atoms with Crippen LogP contribution in [0.3, 0.4) is 0 Å². The summed E-state index contributed by atoms with van der Waals surface area (Å²) in [7, 11) is 1.84. The van der Waals surface area contributed by atoms with Crippen molar-refractivity contribution in [1.29, 1.82) is 0 Å². The Labute approximate surface area is 154 Å². The predicted octanol–water partition coefficient (Wildman–Crippen LogP) is 3.74. The van der Waals surface area contributed by atoms with E-state index in [1.54, 1.807) is 0 Å². The minimum Gasteiger partial charge on any atom is -0.381 e. The topological polar surface area (TPSA) is 41.6 Å². The van der Waals surface area contributed by atoms with Crippen molar-refractivity contribution in [1.82, 2.24) is 10.2 Å². The fraction of sp³-hybridized carbons (Fsp3) is 0.952. The molecule has 0 aromatic carbocycles. The Bertz CT molecular complexity index is 486. The van der Waals surface area contributed by atoms with Crippen molar-refractivity contribution in [3.63, 3.8) is 0 Å². The maximum atomic E-state index is 13.1. The zero-order valence-electron chi connectivity index (χ0n) is 17.0. The highest BCUT2D eigenvalue weighted by Crippen LogP contribution is 2.46. The van der Waals surface area contributed by atoms with Gasteiger partial charge in [0.25, 0.3) is 0 Å². The van der Waals surface area contributed by atoms with Crippen LogP contribution in [0.4, 0.5) is 0 Å². The Balaban J connectivity index is 1.63. The molecule has 4 nitrogen and oxygen atoms in total. The third-order valence-electron chi connectivity index (χ3n) is 6.81. The van der Waals surface area contributed by atoms with Crippen LogP contribution < -0.4 is 5.32 Å². The van der Waals surface area contributed by atoms with Gasteiger partial charge in [-0.15, -0.1) is 0 Å². The summed E-state index contributed by atoms with van der Waals surface area (Å²) in [6, 6.07) is 0. The normalized spacial score (nSPS) is 35.2. The van der Waals surface area contributed by atoms with Crippen molar-refractivity contribution >= 4 is 5.91 Å². The number of piperidine rings is 2. The summed E-state index contributed by atoms with van der Waals surface area (Å²) >= 11 is 0. The Hall–Kier alpha value is -0.610. The van der Waals surface area contributed by atoms with Crippen LogP contribution in [0.25, 0.3) is 0 Å². The number of carbonyl (C=O) groups excluding carboxylic acids is 1. The minimum atomic E-state index is 0.114. The highest BCUT2D eigenvalue weighted by molar-refractivity contribution is 5.76. The Morgan fingerprint density at radius 1 is 1.12 bits per heavy atom. The van der Waals surface area contributed by atoms with Crippen molar-refractivity contribution < 1.29 is 9.53 Å². The number of likely N-dealkylation sites (tertiary alicyclic amines) is 1. The summed E-state index contributed by atoms with van der Waals surface area (Å²) in [5.74, 6) is 0.859. The molecule has 3 rings (SSSR count). The summed E-state index contributed by atoms with van der Waals surface area (Å²) in [4.78, 5) is 15.3. The quantitative estimate of drug-likeness (QED) is 0.843. The first-order chi connectivity index (χ1) is 11.6. The number of methoxy groups -OCH3 is 1. The van der Waals surface area contributed by atoms with E-state index >= 15 is 0 Å². The van der Waals surface area contributed by atoms with Gasteiger partial charge in [-0.2, -0.15) is 0 Å². The van der Waals surface area contributed by atoms with E-state index in [0.717, 1.165) is 38.8 Å². The molecule has 4 heteroatoms. The minimum absolute atomic E-state index is 0.114. The molecule has 0 radical (unpaired) electrons. The van der Waals surface area contributed by atoms with Gasteiger partial charge in [-0.3, -0.25) is 4.79 Å². The lowest BCUT2D eigenvalue weighted by molar-refractivity contribution is -0.139. The predicted molar refractivity (Wildman–Crippen MR) is 102 cm³/mol. The molecule has 1 spiro atoms. The molecule has 0 bridgehead atoms. The van der Waals surface area contributed by atoms with Crippen LogP contribution in [0, 0.1) is 11.3 Å². The molecule has 3 aliphatic rings. The third kappa shape index (κ3) is 4.21. The van der Waals surface area contributed by atoms with Gasteiger partial charge < -0.3 is 15.0 Å². The number of amides is 1. The third-order valence-corrected chi connectivity index (χ3v) is 6.81. The lowest BCUT2D eigenvalue weighted by Crippen LogP contribution is -2.58. The molecule has 3 fully saturated rings. The van der Waals surface area contributed by atoms with Crippen LogP contribution in [-0.2, 0) is 9.53 Å². The molecule has 2 saturated heterocycles. The number of nitrogens with one attached hydrogen (secondary N) is 1. The number of rotatable bonds is 3. The molecule has 1 amide bonds. The van der Waals surface area contributed by atoms with Gasteiger partial charge in [-0.25, -0.2) is 0 Å². The lowest BCUT2D eigenvalue weighted by Gasteiger charge is -2.47. The van der Waals surface area contributed by atoms with Gasteiger partial charge in [0, 0.05) is 43.1 Å². The van der Waals surface area contributed by atoms with Gasteiger partial charge >= 0.3 is 0 Å². The van der Waals surface area contributed by atoms with E-state index in [2.05, 4.69) is 37.9 Å². The molecule has 2 atom stereocenters. The molecule has 2 aliphatic heterocycles. The standard InChI is InChI=1S/C21H38N2O2/c1-19(2)13-16(14-20(3,4)22-19)12-18(24)23-11-7-10-21(15-23)9-6-8-17(21)25-5/h16-17,22H,6-15H2,1-5H3/t17-,21+/m1/s1. The van der Waals surface area contributed by atoms with Crippen molar-refractivity contribution in [2.45, 2.75) is 96.2 Å². The second kappa shape index (κ2) is 6.84. The van der Waals surface area contributed by atoms with Crippen LogP contribution in [0.15, 0.2) is 0 Å². The van der Waals surface area contributed by atoms with E-state index < -0.39 is 0 Å². The van der Waals surface area contributed by atoms with Crippen LogP contribution in [0.5, 0.6) is 0 Å². The number of nitrogens with zero attached hydrogens (tertiary/aromatic N) is 1. The van der Waals surface area contributed by atoms with Gasteiger partial charge in [-0.05, 0) is 72.1 Å². The highest BCUT2D eigenvalue weighted by atomic mass is 16.5. The largest absolute Gasteiger partial charge is 0.381 e. The van der Waals surface area contributed by atoms with Gasteiger partial charge in [0.2, 0.25) is 5.91 Å². The van der Waals surface area contributed by atoms with E-state index in [-0.39, 0.29) is 16.5 Å². The van der Waals surface area contributed by atoms with Crippen molar-refractivity contribution in [2.75, 3.05) is 20.2 Å². The Morgan fingerprint density at radius 3 is 2.40 bits per heavy atom. The second-order valence-corrected chi connectivity index (χ2v) is 10.3. The molecule has 0 aromatic heterocycles. The molecule has 0 aromatic rings. The van der Waals surface area contributed by atoms with Crippen molar-refractivity contribution in [3.05, 3.63) is 0 Å². The molecule has 25 heavy (non-hydrogen) atoms. The average Bonchev–Trinajstić information content (AvgIpc) is 2.85. The zero-order chi connectivity index (χ0) is 18.3. The van der Waals surface area contributed by atoms with E-state index in [4.69, 9.17) is 4.74 Å². The summed E-state index contributed by atoms with van der Waals surface area (Å²) in [5.41, 5.74) is 0.458. The van der Waals surface area contributed by atoms with Crippen LogP contribution in [-0.4, -0.2) is 48.2 Å². The second-order valence-electron chi connectivity index (χ2n) is 10.3. The van der Waals surface area contributed by atoms with Gasteiger partial charge in [-0.1, -0.05) is 6.42 Å². The SMILES string of the molecule is CO[C@@H]1CCC[C@@]12CCCN(C(=O)CC1CC(C)(C)NC(C)(C)C1)C2.